The van der Waals surface area contributed by atoms with Gasteiger partial charge < -0.3 is 9.64 Å². The summed E-state index contributed by atoms with van der Waals surface area (Å²) < 4.78 is 20.1. The minimum absolute atomic E-state index is 0.215. The van der Waals surface area contributed by atoms with Crippen LogP contribution < -0.4 is 0 Å². The third kappa shape index (κ3) is 4.50. The van der Waals surface area contributed by atoms with Crippen molar-refractivity contribution in [3.05, 3.63) is 72.2 Å². The lowest BCUT2D eigenvalue weighted by Gasteiger charge is -2.31. The van der Waals surface area contributed by atoms with E-state index in [0.29, 0.717) is 43.2 Å². The van der Waals surface area contributed by atoms with Crippen LogP contribution in [-0.2, 0) is 9.53 Å². The number of ether oxygens (including phenoxy) is 1. The summed E-state index contributed by atoms with van der Waals surface area (Å²) in [5.41, 5.74) is 2.48. The van der Waals surface area contributed by atoms with Crippen LogP contribution in [0.25, 0.3) is 16.9 Å². The SMILES string of the molecule is CCOC(=O)C1CCCN(C(=O)c2cc(-c3ccccc3)nn2-c2ccc(F)cc2)C1. The summed E-state index contributed by atoms with van der Waals surface area (Å²) in [6.07, 6.45) is 1.43. The van der Waals surface area contributed by atoms with Crippen LogP contribution >= 0.6 is 0 Å². The van der Waals surface area contributed by atoms with Crippen LogP contribution in [0.1, 0.15) is 30.3 Å². The number of carbonyl (C=O) groups excluding carboxylic acids is 2. The van der Waals surface area contributed by atoms with Crippen LogP contribution in [-0.4, -0.2) is 46.3 Å². The third-order valence-corrected chi connectivity index (χ3v) is 5.40. The van der Waals surface area contributed by atoms with E-state index in [4.69, 9.17) is 4.74 Å². The van der Waals surface area contributed by atoms with Gasteiger partial charge in [0, 0.05) is 18.7 Å². The van der Waals surface area contributed by atoms with Crippen molar-refractivity contribution >= 4 is 11.9 Å². The Morgan fingerprint density at radius 3 is 2.58 bits per heavy atom. The van der Waals surface area contributed by atoms with Crippen molar-refractivity contribution in [2.24, 2.45) is 5.92 Å². The second kappa shape index (κ2) is 9.12. The molecule has 1 saturated heterocycles. The molecule has 1 unspecified atom stereocenters. The first-order chi connectivity index (χ1) is 15.1. The van der Waals surface area contributed by atoms with Crippen molar-refractivity contribution in [3.8, 4) is 16.9 Å². The maximum atomic E-state index is 13.5. The number of likely N-dealkylation sites (tertiary alicyclic amines) is 1. The fourth-order valence-electron chi connectivity index (χ4n) is 3.84. The van der Waals surface area contributed by atoms with Gasteiger partial charge in [-0.05, 0) is 50.1 Å². The first-order valence-corrected chi connectivity index (χ1v) is 10.4. The van der Waals surface area contributed by atoms with Gasteiger partial charge in [0.1, 0.15) is 11.5 Å². The number of carbonyl (C=O) groups is 2. The molecule has 7 heteroatoms. The molecule has 0 radical (unpaired) electrons. The van der Waals surface area contributed by atoms with Crippen molar-refractivity contribution in [2.75, 3.05) is 19.7 Å². The first kappa shape index (κ1) is 20.8. The van der Waals surface area contributed by atoms with Gasteiger partial charge in [-0.15, -0.1) is 0 Å². The largest absolute Gasteiger partial charge is 0.466 e. The minimum atomic E-state index is -0.361. The van der Waals surface area contributed by atoms with Crippen LogP contribution in [0.2, 0.25) is 0 Å². The molecule has 160 valence electrons. The van der Waals surface area contributed by atoms with E-state index in [1.54, 1.807) is 30.0 Å². The summed E-state index contributed by atoms with van der Waals surface area (Å²) in [5.74, 6) is -1.17. The monoisotopic (exact) mass is 421 g/mol. The molecule has 3 aromatic rings. The fourth-order valence-corrected chi connectivity index (χ4v) is 3.84. The van der Waals surface area contributed by atoms with Crippen molar-refractivity contribution < 1.29 is 18.7 Å². The predicted octanol–water partition coefficient (Wildman–Crippen LogP) is 4.09. The standard InChI is InChI=1S/C24H24FN3O3/c1-2-31-24(30)18-9-6-14-27(16-18)23(29)22-15-21(17-7-4-3-5-8-17)26-28(22)20-12-10-19(25)11-13-20/h3-5,7-8,10-13,15,18H,2,6,9,14,16H2,1H3. The molecule has 0 N–H and O–H groups in total. The predicted molar refractivity (Wildman–Crippen MR) is 114 cm³/mol. The van der Waals surface area contributed by atoms with Gasteiger partial charge >= 0.3 is 5.97 Å². The summed E-state index contributed by atoms with van der Waals surface area (Å²) in [5, 5.41) is 4.63. The zero-order chi connectivity index (χ0) is 21.8. The molecule has 0 spiro atoms. The molecule has 1 aliphatic rings. The van der Waals surface area contributed by atoms with Crippen molar-refractivity contribution in [3.63, 3.8) is 0 Å². The second-order valence-electron chi connectivity index (χ2n) is 7.51. The zero-order valence-electron chi connectivity index (χ0n) is 17.3. The van der Waals surface area contributed by atoms with Crippen molar-refractivity contribution in [2.45, 2.75) is 19.8 Å². The Balaban J connectivity index is 1.69. The number of piperidine rings is 1. The van der Waals surface area contributed by atoms with Gasteiger partial charge in [0.25, 0.3) is 5.91 Å². The van der Waals surface area contributed by atoms with Crippen molar-refractivity contribution in [1.82, 2.24) is 14.7 Å². The number of aromatic nitrogens is 2. The molecule has 0 aliphatic carbocycles. The lowest BCUT2D eigenvalue weighted by Crippen LogP contribution is -2.43. The zero-order valence-corrected chi connectivity index (χ0v) is 17.3. The lowest BCUT2D eigenvalue weighted by molar-refractivity contribution is -0.149. The van der Waals surface area contributed by atoms with Gasteiger partial charge in [-0.1, -0.05) is 30.3 Å². The minimum Gasteiger partial charge on any atom is -0.466 e. The Morgan fingerprint density at radius 2 is 1.87 bits per heavy atom. The van der Waals surface area contributed by atoms with E-state index in [0.717, 1.165) is 12.0 Å². The molecule has 4 rings (SSSR count). The number of rotatable bonds is 5. The van der Waals surface area contributed by atoms with E-state index in [9.17, 15) is 14.0 Å². The number of amides is 1. The summed E-state index contributed by atoms with van der Waals surface area (Å²) in [6, 6.07) is 17.2. The first-order valence-electron chi connectivity index (χ1n) is 10.4. The normalized spacial score (nSPS) is 16.2. The molecule has 6 nitrogen and oxygen atoms in total. The second-order valence-corrected chi connectivity index (χ2v) is 7.51. The van der Waals surface area contributed by atoms with Gasteiger partial charge in [0.2, 0.25) is 0 Å². The molecule has 0 bridgehead atoms. The average Bonchev–Trinajstić information content (AvgIpc) is 3.25. The molecule has 1 atom stereocenters. The van der Waals surface area contributed by atoms with Crippen LogP contribution in [0.5, 0.6) is 0 Å². The maximum Gasteiger partial charge on any atom is 0.310 e. The number of benzene rings is 2. The highest BCUT2D eigenvalue weighted by Gasteiger charge is 2.31. The van der Waals surface area contributed by atoms with Gasteiger partial charge in [0.15, 0.2) is 0 Å². The molecule has 0 saturated carbocycles. The van der Waals surface area contributed by atoms with Crippen LogP contribution in [0, 0.1) is 11.7 Å². The smallest absolute Gasteiger partial charge is 0.310 e. The number of halogens is 1. The summed E-state index contributed by atoms with van der Waals surface area (Å²) in [4.78, 5) is 27.3. The van der Waals surface area contributed by atoms with E-state index in [1.807, 2.05) is 30.3 Å². The molecular formula is C24H24FN3O3. The average molecular weight is 421 g/mol. The van der Waals surface area contributed by atoms with E-state index >= 15 is 0 Å². The molecule has 31 heavy (non-hydrogen) atoms. The summed E-state index contributed by atoms with van der Waals surface area (Å²) in [6.45, 7) is 2.97. The Labute approximate surface area is 180 Å². The van der Waals surface area contributed by atoms with Crippen molar-refractivity contribution in [1.29, 1.82) is 0 Å². The molecule has 1 aromatic heterocycles. The molecular weight excluding hydrogens is 397 g/mol. The van der Waals surface area contributed by atoms with Crippen LogP contribution in [0.4, 0.5) is 4.39 Å². The number of esters is 1. The quantitative estimate of drug-likeness (QED) is 0.582. The Hall–Kier alpha value is -3.48. The highest BCUT2D eigenvalue weighted by atomic mass is 19.1. The number of nitrogens with zero attached hydrogens (tertiary/aromatic N) is 3. The van der Waals surface area contributed by atoms with E-state index in [1.165, 1.54) is 16.8 Å². The summed E-state index contributed by atoms with van der Waals surface area (Å²) >= 11 is 0. The topological polar surface area (TPSA) is 64.4 Å². The Morgan fingerprint density at radius 1 is 1.13 bits per heavy atom. The Bertz CT molecular complexity index is 1060. The van der Waals surface area contributed by atoms with Gasteiger partial charge in [-0.2, -0.15) is 5.10 Å². The molecule has 1 amide bonds. The lowest BCUT2D eigenvalue weighted by atomic mass is 9.98. The molecule has 1 fully saturated rings. The number of hydrogen-bond acceptors (Lipinski definition) is 4. The number of hydrogen-bond donors (Lipinski definition) is 0. The van der Waals surface area contributed by atoms with Gasteiger partial charge in [-0.3, -0.25) is 9.59 Å². The van der Waals surface area contributed by atoms with E-state index in [2.05, 4.69) is 5.10 Å². The van der Waals surface area contributed by atoms with Crippen LogP contribution in [0.3, 0.4) is 0 Å². The highest BCUT2D eigenvalue weighted by molar-refractivity contribution is 5.94. The highest BCUT2D eigenvalue weighted by Crippen LogP contribution is 2.25. The molecule has 2 aromatic carbocycles. The Kier molecular flexibility index (Phi) is 6.11. The van der Waals surface area contributed by atoms with Crippen LogP contribution in [0.15, 0.2) is 60.7 Å². The third-order valence-electron chi connectivity index (χ3n) is 5.40. The molecule has 2 heterocycles. The van der Waals surface area contributed by atoms with Gasteiger partial charge in [-0.25, -0.2) is 9.07 Å². The molecule has 1 aliphatic heterocycles. The fraction of sp³-hybridized carbons (Fsp3) is 0.292. The summed E-state index contributed by atoms with van der Waals surface area (Å²) in [7, 11) is 0. The maximum absolute atomic E-state index is 13.5. The van der Waals surface area contributed by atoms with E-state index < -0.39 is 0 Å². The van der Waals surface area contributed by atoms with Gasteiger partial charge in [0.05, 0.1) is 23.9 Å². The van der Waals surface area contributed by atoms with E-state index in [-0.39, 0.29) is 23.6 Å².